The first-order chi connectivity index (χ1) is 13.1. The van der Waals surface area contributed by atoms with Crippen LogP contribution in [0, 0.1) is 5.41 Å². The van der Waals surface area contributed by atoms with Gasteiger partial charge in [0.05, 0.1) is 5.69 Å². The van der Waals surface area contributed by atoms with Crippen LogP contribution in [0.4, 0.5) is 0 Å². The van der Waals surface area contributed by atoms with Crippen LogP contribution in [0.25, 0.3) is 5.69 Å². The Morgan fingerprint density at radius 3 is 2.78 bits per heavy atom. The molecule has 1 unspecified atom stereocenters. The van der Waals surface area contributed by atoms with Crippen LogP contribution in [0.15, 0.2) is 42.7 Å². The second-order valence-electron chi connectivity index (χ2n) is 8.51. The highest BCUT2D eigenvalue weighted by Crippen LogP contribution is 2.40. The maximum atomic E-state index is 12.3. The molecule has 1 spiro atoms. The second kappa shape index (κ2) is 7.47. The lowest BCUT2D eigenvalue weighted by atomic mass is 9.73. The average Bonchev–Trinajstić information content (AvgIpc) is 3.19. The van der Waals surface area contributed by atoms with Crippen LogP contribution in [0.1, 0.15) is 45.1 Å². The van der Waals surface area contributed by atoms with Crippen molar-refractivity contribution in [1.29, 1.82) is 0 Å². The summed E-state index contributed by atoms with van der Waals surface area (Å²) in [5.74, 6) is 0.330. The van der Waals surface area contributed by atoms with E-state index in [0.29, 0.717) is 18.4 Å². The number of aromatic nitrogens is 2. The summed E-state index contributed by atoms with van der Waals surface area (Å²) >= 11 is 0. The standard InChI is InChI=1S/C22H30N4O/c1-18(2)25-17-22(11-9-21(25)27)10-5-13-24(16-22)15-19-7-3-4-8-20(19)26-14-6-12-23-26/h3-4,6-8,12,14,18H,5,9-11,13,15-17H2,1-2H3. The van der Waals surface area contributed by atoms with Gasteiger partial charge < -0.3 is 4.90 Å². The Bertz CT molecular complexity index is 785. The molecule has 2 saturated heterocycles. The van der Waals surface area contributed by atoms with Crippen LogP contribution in [0.2, 0.25) is 0 Å². The summed E-state index contributed by atoms with van der Waals surface area (Å²) in [6.45, 7) is 8.34. The van der Waals surface area contributed by atoms with E-state index in [4.69, 9.17) is 0 Å². The van der Waals surface area contributed by atoms with Crippen LogP contribution < -0.4 is 0 Å². The average molecular weight is 367 g/mol. The maximum absolute atomic E-state index is 12.3. The number of carbonyl (C=O) groups excluding carboxylic acids is 1. The van der Waals surface area contributed by atoms with E-state index in [1.165, 1.54) is 18.4 Å². The van der Waals surface area contributed by atoms with Crippen molar-refractivity contribution in [2.45, 2.75) is 52.1 Å². The summed E-state index contributed by atoms with van der Waals surface area (Å²) < 4.78 is 1.95. The predicted octanol–water partition coefficient (Wildman–Crippen LogP) is 3.49. The number of nitrogens with zero attached hydrogens (tertiary/aromatic N) is 4. The van der Waals surface area contributed by atoms with E-state index in [-0.39, 0.29) is 5.41 Å². The first kappa shape index (κ1) is 18.2. The molecule has 5 heteroatoms. The molecule has 5 nitrogen and oxygen atoms in total. The van der Waals surface area contributed by atoms with Gasteiger partial charge in [0.2, 0.25) is 5.91 Å². The largest absolute Gasteiger partial charge is 0.340 e. The molecule has 1 aromatic carbocycles. The van der Waals surface area contributed by atoms with Crippen molar-refractivity contribution in [2.75, 3.05) is 19.6 Å². The van der Waals surface area contributed by atoms with E-state index in [9.17, 15) is 4.79 Å². The van der Waals surface area contributed by atoms with E-state index < -0.39 is 0 Å². The minimum absolute atomic E-state index is 0.261. The van der Waals surface area contributed by atoms with Gasteiger partial charge in [0.1, 0.15) is 0 Å². The number of carbonyl (C=O) groups is 1. The zero-order valence-corrected chi connectivity index (χ0v) is 16.5. The Morgan fingerprint density at radius 1 is 1.15 bits per heavy atom. The zero-order chi connectivity index (χ0) is 18.9. The Kier molecular flexibility index (Phi) is 5.04. The van der Waals surface area contributed by atoms with Gasteiger partial charge in [0.15, 0.2) is 0 Å². The number of benzene rings is 1. The normalized spacial score (nSPS) is 24.1. The first-order valence-electron chi connectivity index (χ1n) is 10.2. The van der Waals surface area contributed by atoms with E-state index >= 15 is 0 Å². The van der Waals surface area contributed by atoms with Gasteiger partial charge >= 0.3 is 0 Å². The Labute approximate surface area is 162 Å². The van der Waals surface area contributed by atoms with Crippen molar-refractivity contribution < 1.29 is 4.79 Å². The molecular formula is C22H30N4O. The Hall–Kier alpha value is -2.14. The summed E-state index contributed by atoms with van der Waals surface area (Å²) in [4.78, 5) is 17.0. The minimum Gasteiger partial charge on any atom is -0.340 e. The fourth-order valence-corrected chi connectivity index (χ4v) is 4.81. The van der Waals surface area contributed by atoms with Crippen molar-refractivity contribution in [3.63, 3.8) is 0 Å². The summed E-state index contributed by atoms with van der Waals surface area (Å²) in [6, 6.07) is 10.8. The van der Waals surface area contributed by atoms with Crippen molar-refractivity contribution in [1.82, 2.24) is 19.6 Å². The van der Waals surface area contributed by atoms with Crippen LogP contribution >= 0.6 is 0 Å². The van der Waals surface area contributed by atoms with Crippen molar-refractivity contribution in [3.8, 4) is 5.69 Å². The van der Waals surface area contributed by atoms with Gasteiger partial charge in [-0.15, -0.1) is 0 Å². The lowest BCUT2D eigenvalue weighted by Crippen LogP contribution is -2.55. The molecule has 0 radical (unpaired) electrons. The highest BCUT2D eigenvalue weighted by atomic mass is 16.2. The topological polar surface area (TPSA) is 41.4 Å². The smallest absolute Gasteiger partial charge is 0.222 e. The lowest BCUT2D eigenvalue weighted by molar-refractivity contribution is -0.141. The third-order valence-corrected chi connectivity index (χ3v) is 6.20. The monoisotopic (exact) mass is 366 g/mol. The predicted molar refractivity (Wildman–Crippen MR) is 107 cm³/mol. The van der Waals surface area contributed by atoms with Crippen molar-refractivity contribution in [2.24, 2.45) is 5.41 Å². The van der Waals surface area contributed by atoms with E-state index in [0.717, 1.165) is 38.3 Å². The van der Waals surface area contributed by atoms with Gasteiger partial charge in [0.25, 0.3) is 0 Å². The third-order valence-electron chi connectivity index (χ3n) is 6.20. The first-order valence-corrected chi connectivity index (χ1v) is 10.2. The minimum atomic E-state index is 0.261. The molecule has 4 rings (SSSR count). The van der Waals surface area contributed by atoms with Crippen molar-refractivity contribution in [3.05, 3.63) is 48.3 Å². The van der Waals surface area contributed by atoms with Crippen LogP contribution in [0.3, 0.4) is 0 Å². The summed E-state index contributed by atoms with van der Waals surface area (Å²) in [6.07, 6.45) is 8.02. The molecule has 0 bridgehead atoms. The molecule has 144 valence electrons. The fraction of sp³-hybridized carbons (Fsp3) is 0.545. The van der Waals surface area contributed by atoms with Gasteiger partial charge in [-0.1, -0.05) is 18.2 Å². The number of hydrogen-bond donors (Lipinski definition) is 0. The molecule has 0 saturated carbocycles. The van der Waals surface area contributed by atoms with Gasteiger partial charge in [-0.2, -0.15) is 5.10 Å². The summed E-state index contributed by atoms with van der Waals surface area (Å²) in [5.41, 5.74) is 2.73. The number of likely N-dealkylation sites (tertiary alicyclic amines) is 2. The highest BCUT2D eigenvalue weighted by molar-refractivity contribution is 5.77. The molecule has 3 heterocycles. The van der Waals surface area contributed by atoms with E-state index in [2.05, 4.69) is 53.0 Å². The van der Waals surface area contributed by atoms with Gasteiger partial charge in [-0.05, 0) is 57.4 Å². The molecule has 2 aliphatic heterocycles. The summed E-state index contributed by atoms with van der Waals surface area (Å²) in [7, 11) is 0. The quantitative estimate of drug-likeness (QED) is 0.832. The zero-order valence-electron chi connectivity index (χ0n) is 16.5. The Balaban J connectivity index is 1.51. The van der Waals surface area contributed by atoms with Gasteiger partial charge in [-0.25, -0.2) is 4.68 Å². The SMILES string of the molecule is CC(C)N1CC2(CCCN(Cc3ccccc3-n3cccn3)C2)CCC1=O. The lowest BCUT2D eigenvalue weighted by Gasteiger charge is -2.49. The van der Waals surface area contributed by atoms with Crippen LogP contribution in [-0.2, 0) is 11.3 Å². The highest BCUT2D eigenvalue weighted by Gasteiger charge is 2.42. The maximum Gasteiger partial charge on any atom is 0.222 e. The van der Waals surface area contributed by atoms with Crippen LogP contribution in [0.5, 0.6) is 0 Å². The molecule has 1 aromatic heterocycles. The Morgan fingerprint density at radius 2 is 2.00 bits per heavy atom. The molecule has 0 N–H and O–H groups in total. The second-order valence-corrected chi connectivity index (χ2v) is 8.51. The molecule has 27 heavy (non-hydrogen) atoms. The summed E-state index contributed by atoms with van der Waals surface area (Å²) in [5, 5.41) is 4.42. The molecular weight excluding hydrogens is 336 g/mol. The fourth-order valence-electron chi connectivity index (χ4n) is 4.81. The van der Waals surface area contributed by atoms with E-state index in [1.807, 2.05) is 23.1 Å². The number of hydrogen-bond acceptors (Lipinski definition) is 3. The van der Waals surface area contributed by atoms with E-state index in [1.54, 1.807) is 0 Å². The number of amides is 1. The van der Waals surface area contributed by atoms with Gasteiger partial charge in [0, 0.05) is 49.9 Å². The van der Waals surface area contributed by atoms with Gasteiger partial charge in [-0.3, -0.25) is 9.69 Å². The molecule has 0 aliphatic carbocycles. The van der Waals surface area contributed by atoms with Crippen molar-refractivity contribution >= 4 is 5.91 Å². The third kappa shape index (κ3) is 3.79. The molecule has 2 aromatic rings. The number of para-hydroxylation sites is 1. The molecule has 1 atom stereocenters. The number of rotatable bonds is 4. The molecule has 2 fully saturated rings. The molecule has 2 aliphatic rings. The van der Waals surface area contributed by atoms with Crippen LogP contribution in [-0.4, -0.2) is 51.2 Å². The molecule has 1 amide bonds. The number of piperidine rings is 2.